The summed E-state index contributed by atoms with van der Waals surface area (Å²) in [5, 5.41) is 8.90. The van der Waals surface area contributed by atoms with Crippen LogP contribution in [0, 0.1) is 0 Å². The maximum atomic E-state index is 11.6. The highest BCUT2D eigenvalue weighted by Crippen LogP contribution is 2.36. The van der Waals surface area contributed by atoms with Gasteiger partial charge in [0.25, 0.3) is 0 Å². The van der Waals surface area contributed by atoms with Crippen molar-refractivity contribution < 1.29 is 19.0 Å². The lowest BCUT2D eigenvalue weighted by Crippen LogP contribution is -2.32. The standard InChI is InChI=1S/C18H21NO4S3/c1-25(22)14-7-3-12(4-8-14)17(24-11-16(19)18(20)21)13-5-9-15(10-6-13)26(2)23/h3-10,16-17H,11,19H2,1-2H3,(H,20,21). The van der Waals surface area contributed by atoms with Crippen molar-refractivity contribution in [1.29, 1.82) is 0 Å². The Morgan fingerprint density at radius 2 is 1.38 bits per heavy atom. The number of hydrogen-bond donors (Lipinski definition) is 2. The van der Waals surface area contributed by atoms with Gasteiger partial charge in [-0.3, -0.25) is 4.79 Å². The summed E-state index contributed by atoms with van der Waals surface area (Å²) in [6, 6.07) is 13.9. The smallest absolute Gasteiger partial charge is 0.321 e. The second kappa shape index (κ2) is 9.68. The Bertz CT molecular complexity index is 669. The molecule has 0 spiro atoms. The molecular weight excluding hydrogens is 390 g/mol. The first-order chi connectivity index (χ1) is 12.3. The summed E-state index contributed by atoms with van der Waals surface area (Å²) < 4.78 is 23.2. The van der Waals surface area contributed by atoms with Gasteiger partial charge in [-0.05, 0) is 57.7 Å². The number of carbonyl (C=O) groups is 1. The van der Waals surface area contributed by atoms with Crippen molar-refractivity contribution in [3.8, 4) is 0 Å². The number of carboxylic acid groups (broad SMARTS) is 1. The van der Waals surface area contributed by atoms with E-state index in [2.05, 4.69) is 0 Å². The zero-order valence-electron chi connectivity index (χ0n) is 14.5. The van der Waals surface area contributed by atoms with E-state index < -0.39 is 34.4 Å². The van der Waals surface area contributed by atoms with Crippen LogP contribution in [0.1, 0.15) is 16.4 Å². The Labute approximate surface area is 163 Å². The Morgan fingerprint density at radius 1 is 1.00 bits per heavy atom. The zero-order valence-corrected chi connectivity index (χ0v) is 16.9. The number of hydrogen-bond acceptors (Lipinski definition) is 5. The van der Waals surface area contributed by atoms with Crippen LogP contribution in [0.15, 0.2) is 58.3 Å². The summed E-state index contributed by atoms with van der Waals surface area (Å²) in [6.07, 6.45) is 3.24. The third kappa shape index (κ3) is 5.67. The van der Waals surface area contributed by atoms with Crippen LogP contribution in [-0.2, 0) is 27.1 Å². The van der Waals surface area contributed by atoms with E-state index in [1.165, 1.54) is 11.8 Å². The van der Waals surface area contributed by atoms with Gasteiger partial charge in [-0.25, -0.2) is 0 Å². The van der Waals surface area contributed by atoms with E-state index in [0.717, 1.165) is 20.9 Å². The van der Waals surface area contributed by atoms with Gasteiger partial charge in [-0.2, -0.15) is 0 Å². The topological polar surface area (TPSA) is 109 Å². The third-order valence-corrected chi connectivity index (χ3v) is 7.09. The number of aliphatic carboxylic acids is 1. The first-order valence-electron chi connectivity index (χ1n) is 7.76. The SMILES string of the molecule is C[S+]([O-])c1ccc(C(SCC(N)C(=O)O)c2ccc([S+](C)[O-])cc2)cc1. The summed E-state index contributed by atoms with van der Waals surface area (Å²) >= 11 is -0.683. The minimum Gasteiger partial charge on any atom is -0.612 e. The van der Waals surface area contributed by atoms with Crippen LogP contribution in [0.3, 0.4) is 0 Å². The number of thioether (sulfide) groups is 1. The van der Waals surface area contributed by atoms with E-state index in [-0.39, 0.29) is 11.0 Å². The molecule has 0 aliphatic carbocycles. The Kier molecular flexibility index (Phi) is 7.87. The molecule has 8 heteroatoms. The van der Waals surface area contributed by atoms with E-state index in [0.29, 0.717) is 0 Å². The quantitative estimate of drug-likeness (QED) is 0.646. The molecule has 0 aliphatic rings. The molecular formula is C18H21NO4S3. The molecule has 0 saturated carbocycles. The lowest BCUT2D eigenvalue weighted by atomic mass is 10.0. The third-order valence-electron chi connectivity index (χ3n) is 3.79. The molecule has 0 saturated heterocycles. The average Bonchev–Trinajstić information content (AvgIpc) is 2.62. The van der Waals surface area contributed by atoms with Crippen molar-refractivity contribution in [2.45, 2.75) is 21.1 Å². The number of carboxylic acids is 1. The fourth-order valence-corrected chi connectivity index (χ4v) is 4.60. The molecule has 26 heavy (non-hydrogen) atoms. The van der Waals surface area contributed by atoms with E-state index >= 15 is 0 Å². The lowest BCUT2D eigenvalue weighted by Gasteiger charge is -2.19. The fourth-order valence-electron chi connectivity index (χ4n) is 2.32. The normalized spacial score (nSPS) is 15.9. The van der Waals surface area contributed by atoms with E-state index in [9.17, 15) is 13.9 Å². The van der Waals surface area contributed by atoms with Gasteiger partial charge in [0, 0.05) is 5.75 Å². The Hall–Kier alpha value is -1.16. The highest BCUT2D eigenvalue weighted by Gasteiger charge is 2.20. The van der Waals surface area contributed by atoms with Crippen LogP contribution in [0.2, 0.25) is 0 Å². The predicted molar refractivity (Wildman–Crippen MR) is 107 cm³/mol. The van der Waals surface area contributed by atoms with E-state index in [1.807, 2.05) is 48.5 Å². The number of benzene rings is 2. The lowest BCUT2D eigenvalue weighted by molar-refractivity contribution is -0.137. The Morgan fingerprint density at radius 3 is 1.69 bits per heavy atom. The van der Waals surface area contributed by atoms with Crippen molar-refractivity contribution in [2.24, 2.45) is 5.73 Å². The van der Waals surface area contributed by atoms with Crippen LogP contribution in [0.5, 0.6) is 0 Å². The highest BCUT2D eigenvalue weighted by atomic mass is 32.2. The molecule has 3 unspecified atom stereocenters. The van der Waals surface area contributed by atoms with Gasteiger partial charge in [0.2, 0.25) is 0 Å². The molecule has 0 fully saturated rings. The van der Waals surface area contributed by atoms with Crippen LogP contribution in [-0.4, -0.2) is 44.5 Å². The predicted octanol–water partition coefficient (Wildman–Crippen LogP) is 2.40. The molecule has 3 atom stereocenters. The van der Waals surface area contributed by atoms with Crippen LogP contribution in [0.25, 0.3) is 0 Å². The van der Waals surface area contributed by atoms with E-state index in [1.54, 1.807) is 12.5 Å². The molecule has 0 radical (unpaired) electrons. The second-order valence-corrected chi connectivity index (χ2v) is 9.60. The van der Waals surface area contributed by atoms with Crippen molar-refractivity contribution in [3.05, 3.63) is 59.7 Å². The summed E-state index contributed by atoms with van der Waals surface area (Å²) in [5.41, 5.74) is 7.58. The van der Waals surface area contributed by atoms with Crippen molar-refractivity contribution in [1.82, 2.24) is 0 Å². The Balaban J connectivity index is 2.30. The first kappa shape index (κ1) is 21.1. The molecule has 5 nitrogen and oxygen atoms in total. The molecule has 3 N–H and O–H groups in total. The van der Waals surface area contributed by atoms with Gasteiger partial charge in [0.1, 0.15) is 18.6 Å². The van der Waals surface area contributed by atoms with Gasteiger partial charge in [-0.1, -0.05) is 24.3 Å². The van der Waals surface area contributed by atoms with Crippen molar-refractivity contribution in [3.63, 3.8) is 0 Å². The minimum absolute atomic E-state index is 0.126. The summed E-state index contributed by atoms with van der Waals surface area (Å²) in [4.78, 5) is 12.5. The maximum absolute atomic E-state index is 11.6. The molecule has 0 bridgehead atoms. The average molecular weight is 412 g/mol. The monoisotopic (exact) mass is 411 g/mol. The minimum atomic E-state index is -1.06. The van der Waals surface area contributed by atoms with Crippen LogP contribution >= 0.6 is 11.8 Å². The summed E-state index contributed by atoms with van der Waals surface area (Å²) in [6.45, 7) is 0. The summed E-state index contributed by atoms with van der Waals surface area (Å²) in [5.74, 6) is -0.784. The van der Waals surface area contributed by atoms with Gasteiger partial charge < -0.3 is 19.9 Å². The molecule has 0 heterocycles. The molecule has 0 aliphatic heterocycles. The largest absolute Gasteiger partial charge is 0.612 e. The highest BCUT2D eigenvalue weighted by molar-refractivity contribution is 7.99. The van der Waals surface area contributed by atoms with Gasteiger partial charge in [0.15, 0.2) is 9.79 Å². The maximum Gasteiger partial charge on any atom is 0.321 e. The van der Waals surface area contributed by atoms with Gasteiger partial charge >= 0.3 is 5.97 Å². The fraction of sp³-hybridized carbons (Fsp3) is 0.278. The first-order valence-corrected chi connectivity index (χ1v) is 11.9. The zero-order chi connectivity index (χ0) is 19.3. The van der Waals surface area contributed by atoms with Crippen molar-refractivity contribution >= 4 is 40.1 Å². The van der Waals surface area contributed by atoms with Gasteiger partial charge in [-0.15, -0.1) is 11.8 Å². The molecule has 2 aromatic carbocycles. The van der Waals surface area contributed by atoms with E-state index in [4.69, 9.17) is 10.8 Å². The molecule has 0 amide bonds. The molecule has 0 aromatic heterocycles. The number of nitrogens with two attached hydrogens (primary N) is 1. The molecule has 140 valence electrons. The second-order valence-electron chi connectivity index (χ2n) is 5.70. The molecule has 2 rings (SSSR count). The van der Waals surface area contributed by atoms with Crippen LogP contribution < -0.4 is 5.73 Å². The number of rotatable bonds is 8. The van der Waals surface area contributed by atoms with Crippen LogP contribution in [0.4, 0.5) is 0 Å². The van der Waals surface area contributed by atoms with Gasteiger partial charge in [0.05, 0.1) is 5.25 Å². The summed E-state index contributed by atoms with van der Waals surface area (Å²) in [7, 11) is 0. The molecule has 2 aromatic rings. The van der Waals surface area contributed by atoms with Crippen molar-refractivity contribution in [2.75, 3.05) is 18.3 Å².